The monoisotopic (exact) mass is 246 g/mol. The van der Waals surface area contributed by atoms with E-state index in [1.165, 1.54) is 36.0 Å². The average Bonchev–Trinajstić information content (AvgIpc) is 2.22. The molecule has 2 nitrogen and oxygen atoms in total. The van der Waals surface area contributed by atoms with Crippen molar-refractivity contribution >= 4 is 0 Å². The number of hydrogen-bond acceptors (Lipinski definition) is 2. The van der Waals surface area contributed by atoms with E-state index >= 15 is 0 Å². The SMILES string of the molecule is Cc1cc(C)cc(C(N)CCN(C)C2CCC2)c1. The summed E-state index contributed by atoms with van der Waals surface area (Å²) in [6.07, 6.45) is 5.19. The minimum absolute atomic E-state index is 0.172. The van der Waals surface area contributed by atoms with Gasteiger partial charge in [0.15, 0.2) is 0 Å². The van der Waals surface area contributed by atoms with Gasteiger partial charge in [-0.15, -0.1) is 0 Å². The van der Waals surface area contributed by atoms with Crippen LogP contribution >= 0.6 is 0 Å². The van der Waals surface area contributed by atoms with Crippen molar-refractivity contribution in [3.8, 4) is 0 Å². The molecule has 2 N–H and O–H groups in total. The minimum Gasteiger partial charge on any atom is -0.324 e. The number of hydrogen-bond donors (Lipinski definition) is 1. The number of rotatable bonds is 5. The molecule has 0 heterocycles. The summed E-state index contributed by atoms with van der Waals surface area (Å²) >= 11 is 0. The lowest BCUT2D eigenvalue weighted by Gasteiger charge is -2.35. The van der Waals surface area contributed by atoms with Gasteiger partial charge in [0, 0.05) is 12.1 Å². The Morgan fingerprint density at radius 2 is 1.83 bits per heavy atom. The highest BCUT2D eigenvalue weighted by molar-refractivity contribution is 5.30. The van der Waals surface area contributed by atoms with E-state index in [9.17, 15) is 0 Å². The molecule has 1 saturated carbocycles. The summed E-state index contributed by atoms with van der Waals surface area (Å²) < 4.78 is 0. The van der Waals surface area contributed by atoms with Crippen molar-refractivity contribution in [2.45, 2.75) is 51.6 Å². The van der Waals surface area contributed by atoms with E-state index in [4.69, 9.17) is 5.73 Å². The molecule has 1 fully saturated rings. The Hall–Kier alpha value is -0.860. The molecule has 0 radical (unpaired) electrons. The molecule has 2 rings (SSSR count). The molecule has 1 aromatic carbocycles. The summed E-state index contributed by atoms with van der Waals surface area (Å²) in [6, 6.07) is 7.64. The summed E-state index contributed by atoms with van der Waals surface area (Å²) in [7, 11) is 2.23. The van der Waals surface area contributed by atoms with Crippen LogP contribution in [0.1, 0.15) is 48.4 Å². The fourth-order valence-corrected chi connectivity index (χ4v) is 2.74. The standard InChI is InChI=1S/C16H26N2/c1-12-9-13(2)11-14(10-12)16(17)7-8-18(3)15-5-4-6-15/h9-11,15-16H,4-8,17H2,1-3H3. The van der Waals surface area contributed by atoms with Crippen LogP contribution in [0, 0.1) is 13.8 Å². The van der Waals surface area contributed by atoms with Crippen molar-refractivity contribution in [2.75, 3.05) is 13.6 Å². The molecule has 18 heavy (non-hydrogen) atoms. The zero-order valence-corrected chi connectivity index (χ0v) is 11.9. The molecule has 1 aliphatic carbocycles. The summed E-state index contributed by atoms with van der Waals surface area (Å²) in [5.74, 6) is 0. The number of nitrogens with zero attached hydrogens (tertiary/aromatic N) is 1. The van der Waals surface area contributed by atoms with E-state index in [0.29, 0.717) is 0 Å². The third kappa shape index (κ3) is 3.33. The third-order valence-corrected chi connectivity index (χ3v) is 4.16. The van der Waals surface area contributed by atoms with Crippen LogP contribution in [0.2, 0.25) is 0 Å². The summed E-state index contributed by atoms with van der Waals surface area (Å²) in [5.41, 5.74) is 10.2. The van der Waals surface area contributed by atoms with E-state index in [1.54, 1.807) is 0 Å². The predicted molar refractivity (Wildman–Crippen MR) is 77.7 cm³/mol. The van der Waals surface area contributed by atoms with Crippen LogP contribution in [0.5, 0.6) is 0 Å². The van der Waals surface area contributed by atoms with Crippen LogP contribution in [0.3, 0.4) is 0 Å². The van der Waals surface area contributed by atoms with Crippen molar-refractivity contribution in [1.29, 1.82) is 0 Å². The highest BCUT2D eigenvalue weighted by Gasteiger charge is 2.22. The predicted octanol–water partition coefficient (Wildman–Crippen LogP) is 3.18. The van der Waals surface area contributed by atoms with Crippen LogP contribution in [-0.2, 0) is 0 Å². The maximum Gasteiger partial charge on any atom is 0.0307 e. The highest BCUT2D eigenvalue weighted by atomic mass is 15.1. The molecular weight excluding hydrogens is 220 g/mol. The highest BCUT2D eigenvalue weighted by Crippen LogP contribution is 2.25. The zero-order chi connectivity index (χ0) is 13.1. The first-order valence-corrected chi connectivity index (χ1v) is 7.10. The second-order valence-corrected chi connectivity index (χ2v) is 5.88. The topological polar surface area (TPSA) is 29.3 Å². The van der Waals surface area contributed by atoms with E-state index in [2.05, 4.69) is 44.0 Å². The van der Waals surface area contributed by atoms with E-state index in [0.717, 1.165) is 19.0 Å². The number of aryl methyl sites for hydroxylation is 2. The molecule has 0 aliphatic heterocycles. The summed E-state index contributed by atoms with van der Waals surface area (Å²) in [6.45, 7) is 5.40. The van der Waals surface area contributed by atoms with E-state index in [1.807, 2.05) is 0 Å². The Morgan fingerprint density at radius 1 is 1.22 bits per heavy atom. The number of benzene rings is 1. The van der Waals surface area contributed by atoms with Crippen LogP contribution in [0.15, 0.2) is 18.2 Å². The Morgan fingerprint density at radius 3 is 2.33 bits per heavy atom. The molecular formula is C16H26N2. The molecule has 0 saturated heterocycles. The molecule has 0 spiro atoms. The van der Waals surface area contributed by atoms with Crippen molar-refractivity contribution in [3.63, 3.8) is 0 Å². The second-order valence-electron chi connectivity index (χ2n) is 5.88. The maximum atomic E-state index is 6.31. The fourth-order valence-electron chi connectivity index (χ4n) is 2.74. The molecule has 1 aromatic rings. The lowest BCUT2D eigenvalue weighted by Crippen LogP contribution is -2.38. The Balaban J connectivity index is 1.88. The third-order valence-electron chi connectivity index (χ3n) is 4.16. The second kappa shape index (κ2) is 5.85. The van der Waals surface area contributed by atoms with Gasteiger partial charge >= 0.3 is 0 Å². The summed E-state index contributed by atoms with van der Waals surface area (Å²) in [5, 5.41) is 0. The normalized spacial score (nSPS) is 17.8. The van der Waals surface area contributed by atoms with Crippen molar-refractivity contribution in [1.82, 2.24) is 4.90 Å². The van der Waals surface area contributed by atoms with Gasteiger partial charge in [-0.2, -0.15) is 0 Å². The fraction of sp³-hybridized carbons (Fsp3) is 0.625. The van der Waals surface area contributed by atoms with Crippen molar-refractivity contribution in [3.05, 3.63) is 34.9 Å². The summed E-state index contributed by atoms with van der Waals surface area (Å²) in [4.78, 5) is 2.48. The van der Waals surface area contributed by atoms with Gasteiger partial charge in [-0.05, 0) is 52.3 Å². The zero-order valence-electron chi connectivity index (χ0n) is 11.9. The smallest absolute Gasteiger partial charge is 0.0307 e. The molecule has 100 valence electrons. The quantitative estimate of drug-likeness (QED) is 0.864. The molecule has 2 heteroatoms. The first kappa shape index (κ1) is 13.6. The minimum atomic E-state index is 0.172. The van der Waals surface area contributed by atoms with Gasteiger partial charge in [0.1, 0.15) is 0 Å². The molecule has 0 amide bonds. The van der Waals surface area contributed by atoms with E-state index < -0.39 is 0 Å². The van der Waals surface area contributed by atoms with Crippen LogP contribution in [-0.4, -0.2) is 24.5 Å². The van der Waals surface area contributed by atoms with Crippen molar-refractivity contribution < 1.29 is 0 Å². The lowest BCUT2D eigenvalue weighted by atomic mass is 9.91. The van der Waals surface area contributed by atoms with Gasteiger partial charge < -0.3 is 10.6 Å². The van der Waals surface area contributed by atoms with Crippen LogP contribution in [0.25, 0.3) is 0 Å². The first-order valence-electron chi connectivity index (χ1n) is 7.10. The molecule has 1 aliphatic rings. The van der Waals surface area contributed by atoms with Gasteiger partial charge in [-0.25, -0.2) is 0 Å². The largest absolute Gasteiger partial charge is 0.324 e. The van der Waals surface area contributed by atoms with Gasteiger partial charge in [0.2, 0.25) is 0 Å². The van der Waals surface area contributed by atoms with Crippen molar-refractivity contribution in [2.24, 2.45) is 5.73 Å². The van der Waals surface area contributed by atoms with E-state index in [-0.39, 0.29) is 6.04 Å². The lowest BCUT2D eigenvalue weighted by molar-refractivity contribution is 0.155. The van der Waals surface area contributed by atoms with Gasteiger partial charge in [0.25, 0.3) is 0 Å². The average molecular weight is 246 g/mol. The Bertz CT molecular complexity index is 376. The molecule has 0 aromatic heterocycles. The van der Waals surface area contributed by atoms with Gasteiger partial charge in [-0.3, -0.25) is 0 Å². The van der Waals surface area contributed by atoms with Crippen LogP contribution in [0.4, 0.5) is 0 Å². The molecule has 1 atom stereocenters. The Labute approximate surface area is 111 Å². The molecule has 1 unspecified atom stereocenters. The maximum absolute atomic E-state index is 6.31. The van der Waals surface area contributed by atoms with Gasteiger partial charge in [-0.1, -0.05) is 35.7 Å². The number of nitrogens with two attached hydrogens (primary N) is 1. The van der Waals surface area contributed by atoms with Gasteiger partial charge in [0.05, 0.1) is 0 Å². The molecule has 0 bridgehead atoms. The first-order chi connectivity index (χ1) is 8.56. The van der Waals surface area contributed by atoms with Crippen LogP contribution < -0.4 is 5.73 Å². The Kier molecular flexibility index (Phi) is 4.41.